The summed E-state index contributed by atoms with van der Waals surface area (Å²) in [6.45, 7) is -0.166. The topological polar surface area (TPSA) is 76.0 Å². The smallest absolute Gasteiger partial charge is 0.403 e. The van der Waals surface area contributed by atoms with Crippen LogP contribution in [-0.4, -0.2) is 17.1 Å². The number of halogens is 1. The molecule has 0 heterocycles. The van der Waals surface area contributed by atoms with Gasteiger partial charge in [0.2, 0.25) is 0 Å². The first-order valence-electron chi connectivity index (χ1n) is 3.96. The van der Waals surface area contributed by atoms with Crippen LogP contribution in [0.15, 0.2) is 18.2 Å². The predicted octanol–water partition coefficient (Wildman–Crippen LogP) is 1.96. The molecule has 15 heavy (non-hydrogen) atoms. The largest absolute Gasteiger partial charge is 0.527 e. The van der Waals surface area contributed by atoms with E-state index in [1.165, 1.54) is 18.2 Å². The van der Waals surface area contributed by atoms with Gasteiger partial charge in [-0.3, -0.25) is 9.42 Å². The first-order chi connectivity index (χ1) is 6.98. The summed E-state index contributed by atoms with van der Waals surface area (Å²) in [6.07, 6.45) is 0. The molecule has 2 N–H and O–H groups in total. The van der Waals surface area contributed by atoms with Crippen molar-refractivity contribution < 1.29 is 23.6 Å². The third kappa shape index (κ3) is 3.48. The van der Waals surface area contributed by atoms with Gasteiger partial charge in [-0.25, -0.2) is 4.57 Å². The van der Waals surface area contributed by atoms with E-state index in [9.17, 15) is 4.57 Å². The fraction of sp³-hybridized carbons (Fsp3) is 0.250. The van der Waals surface area contributed by atoms with Gasteiger partial charge in [0.25, 0.3) is 0 Å². The van der Waals surface area contributed by atoms with Crippen LogP contribution in [-0.2, 0) is 15.7 Å². The average Bonchev–Trinajstić information content (AvgIpc) is 2.21. The van der Waals surface area contributed by atoms with Crippen molar-refractivity contribution >= 4 is 19.4 Å². The van der Waals surface area contributed by atoms with Crippen molar-refractivity contribution in [3.63, 3.8) is 0 Å². The molecule has 1 aromatic rings. The average molecular weight is 253 g/mol. The summed E-state index contributed by atoms with van der Waals surface area (Å²) in [6, 6.07) is 4.35. The lowest BCUT2D eigenvalue weighted by Crippen LogP contribution is -1.95. The van der Waals surface area contributed by atoms with Gasteiger partial charge >= 0.3 is 7.82 Å². The van der Waals surface area contributed by atoms with Crippen molar-refractivity contribution in [2.45, 2.75) is 6.61 Å². The fourth-order valence-corrected chi connectivity index (χ4v) is 1.66. The van der Waals surface area contributed by atoms with E-state index >= 15 is 0 Å². The zero-order valence-electron chi connectivity index (χ0n) is 7.88. The molecule has 0 saturated heterocycles. The second-order valence-electron chi connectivity index (χ2n) is 2.67. The molecular weight excluding hydrogens is 243 g/mol. The SMILES string of the molecule is COP(=O)(O)Oc1ccc(CO)cc1Cl. The monoisotopic (exact) mass is 252 g/mol. The Labute approximate surface area is 91.8 Å². The Morgan fingerprint density at radius 2 is 2.20 bits per heavy atom. The summed E-state index contributed by atoms with van der Waals surface area (Å²) in [5.41, 5.74) is 0.581. The van der Waals surface area contributed by atoms with E-state index in [1.807, 2.05) is 0 Å². The second kappa shape index (κ2) is 4.96. The number of benzene rings is 1. The highest BCUT2D eigenvalue weighted by Gasteiger charge is 2.21. The molecule has 0 fully saturated rings. The van der Waals surface area contributed by atoms with E-state index in [2.05, 4.69) is 9.05 Å². The molecule has 0 saturated carbocycles. The van der Waals surface area contributed by atoms with Crippen molar-refractivity contribution in [3.05, 3.63) is 28.8 Å². The van der Waals surface area contributed by atoms with E-state index in [1.54, 1.807) is 0 Å². The van der Waals surface area contributed by atoms with Gasteiger partial charge in [-0.2, -0.15) is 0 Å². The number of hydrogen-bond donors (Lipinski definition) is 2. The van der Waals surface area contributed by atoms with Gasteiger partial charge in [-0.1, -0.05) is 17.7 Å². The molecule has 0 aliphatic rings. The molecule has 0 aromatic heterocycles. The molecule has 84 valence electrons. The lowest BCUT2D eigenvalue weighted by Gasteiger charge is -2.11. The standard InChI is InChI=1S/C8H10ClO5P/c1-13-15(11,12)14-8-3-2-6(5-10)4-7(8)9/h2-4,10H,5H2,1H3,(H,11,12). The Morgan fingerprint density at radius 3 is 2.67 bits per heavy atom. The molecular formula is C8H10ClO5P. The normalized spacial score (nSPS) is 14.7. The number of rotatable bonds is 4. The minimum Gasteiger partial charge on any atom is -0.403 e. The van der Waals surface area contributed by atoms with Crippen molar-refractivity contribution in [2.75, 3.05) is 7.11 Å². The van der Waals surface area contributed by atoms with Gasteiger partial charge in [0.05, 0.1) is 11.6 Å². The lowest BCUT2D eigenvalue weighted by molar-refractivity contribution is 0.242. The molecule has 1 aromatic carbocycles. The van der Waals surface area contributed by atoms with Crippen LogP contribution in [0.1, 0.15) is 5.56 Å². The zero-order valence-corrected chi connectivity index (χ0v) is 9.53. The van der Waals surface area contributed by atoms with Crippen molar-refractivity contribution in [1.29, 1.82) is 0 Å². The van der Waals surface area contributed by atoms with Crippen LogP contribution in [0.2, 0.25) is 5.02 Å². The number of phosphoric acid groups is 1. The molecule has 1 atom stereocenters. The number of aliphatic hydroxyl groups is 1. The molecule has 0 aliphatic carbocycles. The second-order valence-corrected chi connectivity index (χ2v) is 4.56. The van der Waals surface area contributed by atoms with Crippen LogP contribution in [0.3, 0.4) is 0 Å². The maximum Gasteiger partial charge on any atom is 0.527 e. The first kappa shape index (κ1) is 12.5. The molecule has 1 unspecified atom stereocenters. The lowest BCUT2D eigenvalue weighted by atomic mass is 10.2. The van der Waals surface area contributed by atoms with Crippen molar-refractivity contribution in [2.24, 2.45) is 0 Å². The van der Waals surface area contributed by atoms with Crippen LogP contribution >= 0.6 is 19.4 Å². The van der Waals surface area contributed by atoms with Crippen LogP contribution < -0.4 is 4.52 Å². The Kier molecular flexibility index (Phi) is 4.13. The van der Waals surface area contributed by atoms with Gasteiger partial charge in [0.1, 0.15) is 5.75 Å². The summed E-state index contributed by atoms with van der Waals surface area (Å²) < 4.78 is 20.0. The molecule has 7 heteroatoms. The maximum absolute atomic E-state index is 11.1. The minimum atomic E-state index is -4.09. The number of aliphatic hydroxyl groups excluding tert-OH is 1. The maximum atomic E-state index is 11.1. The highest BCUT2D eigenvalue weighted by atomic mass is 35.5. The van der Waals surface area contributed by atoms with Gasteiger partial charge in [-0.15, -0.1) is 0 Å². The zero-order chi connectivity index (χ0) is 11.5. The third-order valence-corrected chi connectivity index (χ3v) is 2.81. The quantitative estimate of drug-likeness (QED) is 0.801. The highest BCUT2D eigenvalue weighted by molar-refractivity contribution is 7.47. The summed E-state index contributed by atoms with van der Waals surface area (Å²) in [5.74, 6) is 0.0292. The Bertz CT molecular complexity index is 395. The summed E-state index contributed by atoms with van der Waals surface area (Å²) in [4.78, 5) is 9.03. The summed E-state index contributed by atoms with van der Waals surface area (Å²) in [5, 5.41) is 8.94. The molecule has 1 rings (SSSR count). The Morgan fingerprint density at radius 1 is 1.53 bits per heavy atom. The summed E-state index contributed by atoms with van der Waals surface area (Å²) >= 11 is 5.75. The molecule has 0 aliphatic heterocycles. The Balaban J connectivity index is 2.92. The van der Waals surface area contributed by atoms with Crippen molar-refractivity contribution in [1.82, 2.24) is 0 Å². The van der Waals surface area contributed by atoms with Crippen LogP contribution in [0, 0.1) is 0 Å². The third-order valence-electron chi connectivity index (χ3n) is 1.62. The predicted molar refractivity (Wildman–Crippen MR) is 54.8 cm³/mol. The van der Waals surface area contributed by atoms with E-state index in [0.717, 1.165) is 7.11 Å². The molecule has 5 nitrogen and oxygen atoms in total. The Hall–Kier alpha value is -0.580. The van der Waals surface area contributed by atoms with E-state index in [4.69, 9.17) is 21.6 Å². The van der Waals surface area contributed by atoms with Crippen molar-refractivity contribution in [3.8, 4) is 5.75 Å². The summed E-state index contributed by atoms with van der Waals surface area (Å²) in [7, 11) is -3.04. The van der Waals surface area contributed by atoms with Gasteiger partial charge < -0.3 is 9.63 Å². The minimum absolute atomic E-state index is 0.0292. The number of phosphoric ester groups is 1. The number of hydrogen-bond acceptors (Lipinski definition) is 4. The molecule has 0 spiro atoms. The molecule has 0 radical (unpaired) electrons. The van der Waals surface area contributed by atoms with Crippen LogP contribution in [0.5, 0.6) is 5.75 Å². The highest BCUT2D eigenvalue weighted by Crippen LogP contribution is 2.44. The fourth-order valence-electron chi connectivity index (χ4n) is 0.878. The van der Waals surface area contributed by atoms with Crippen LogP contribution in [0.4, 0.5) is 0 Å². The molecule has 0 bridgehead atoms. The van der Waals surface area contributed by atoms with E-state index < -0.39 is 7.82 Å². The van der Waals surface area contributed by atoms with Crippen LogP contribution in [0.25, 0.3) is 0 Å². The molecule has 0 amide bonds. The van der Waals surface area contributed by atoms with E-state index in [-0.39, 0.29) is 17.4 Å². The van der Waals surface area contributed by atoms with Gasteiger partial charge in [-0.05, 0) is 17.7 Å². The van der Waals surface area contributed by atoms with Gasteiger partial charge in [0.15, 0.2) is 0 Å². The van der Waals surface area contributed by atoms with E-state index in [0.29, 0.717) is 5.56 Å². The first-order valence-corrected chi connectivity index (χ1v) is 5.83. The van der Waals surface area contributed by atoms with Gasteiger partial charge in [0, 0.05) is 7.11 Å².